The van der Waals surface area contributed by atoms with Gasteiger partial charge in [-0.1, -0.05) is 85.3 Å². The van der Waals surface area contributed by atoms with Crippen molar-refractivity contribution >= 4 is 33.4 Å². The molecule has 7 rings (SSSR count). The summed E-state index contributed by atoms with van der Waals surface area (Å²) >= 11 is 1.58. The topological polar surface area (TPSA) is 74.3 Å². The highest BCUT2D eigenvalue weighted by Crippen LogP contribution is 2.51. The van der Waals surface area contributed by atoms with Crippen molar-refractivity contribution in [2.45, 2.75) is 49.7 Å². The molecule has 1 saturated heterocycles. The van der Waals surface area contributed by atoms with Gasteiger partial charge in [-0.2, -0.15) is 13.2 Å². The fraction of sp³-hybridized carbons (Fsp3) is 0.308. The van der Waals surface area contributed by atoms with Crippen LogP contribution in [0.5, 0.6) is 0 Å². The minimum Gasteiger partial charge on any atom is -0.349 e. The quantitative estimate of drug-likeness (QED) is 0.147. The SMILES string of the molecule is O=C(NC1CCN(CCCCC2(C(=O)NCC(F)(F)F)c3ccccc3-c3ccccc32)CC1)c1ccccc1-c1nc2ccccc2s1. The number of likely N-dealkylation sites (tertiary alicyclic amines) is 1. The number of carbonyl (C=O) groups excluding carboxylic acids is 2. The molecule has 2 heterocycles. The minimum atomic E-state index is -4.50. The van der Waals surface area contributed by atoms with Gasteiger partial charge in [0.05, 0.1) is 10.2 Å². The van der Waals surface area contributed by atoms with Gasteiger partial charge in [-0.05, 0) is 72.7 Å². The van der Waals surface area contributed by atoms with E-state index in [9.17, 15) is 22.8 Å². The molecule has 0 saturated carbocycles. The lowest BCUT2D eigenvalue weighted by Gasteiger charge is -2.33. The highest BCUT2D eigenvalue weighted by atomic mass is 32.1. The number of piperidine rings is 1. The van der Waals surface area contributed by atoms with Crippen molar-refractivity contribution in [1.82, 2.24) is 20.5 Å². The number of aromatic nitrogens is 1. The standard InChI is InChI=1S/C39H37F3N4O2S/c40-39(41,42)25-43-37(48)38(31-15-5-3-11-27(31)28-12-4-6-16-32(28)38)21-9-10-22-46-23-19-26(20-24-46)44-35(47)29-13-1-2-14-30(29)36-45-33-17-7-8-18-34(33)49-36/h1-8,11-18,26H,9-10,19-25H2,(H,43,48)(H,44,47). The molecule has 2 aliphatic rings. The largest absolute Gasteiger partial charge is 0.405 e. The summed E-state index contributed by atoms with van der Waals surface area (Å²) in [6.07, 6.45) is -0.989. The van der Waals surface area contributed by atoms with Crippen molar-refractivity contribution in [3.63, 3.8) is 0 Å². The van der Waals surface area contributed by atoms with Crippen LogP contribution in [-0.2, 0) is 10.2 Å². The van der Waals surface area contributed by atoms with Gasteiger partial charge in [0.15, 0.2) is 0 Å². The number of nitrogens with zero attached hydrogens (tertiary/aromatic N) is 2. The number of rotatable bonds is 10. The molecular weight excluding hydrogens is 646 g/mol. The van der Waals surface area contributed by atoms with Gasteiger partial charge in [-0.25, -0.2) is 4.98 Å². The molecular formula is C39H37F3N4O2S. The number of para-hydroxylation sites is 1. The van der Waals surface area contributed by atoms with Crippen LogP contribution in [0.15, 0.2) is 97.1 Å². The second kappa shape index (κ2) is 13.8. The lowest BCUT2D eigenvalue weighted by atomic mass is 9.73. The van der Waals surface area contributed by atoms with Crippen LogP contribution in [0, 0.1) is 0 Å². The molecule has 5 aromatic rings. The summed E-state index contributed by atoms with van der Waals surface area (Å²) in [5.41, 5.74) is 4.50. The third-order valence-electron chi connectivity index (χ3n) is 9.80. The van der Waals surface area contributed by atoms with Gasteiger partial charge >= 0.3 is 6.18 Å². The molecule has 10 heteroatoms. The number of nitrogens with one attached hydrogen (secondary N) is 2. The first kappa shape index (κ1) is 33.0. The molecule has 0 spiro atoms. The number of halogens is 3. The predicted octanol–water partition coefficient (Wildman–Crippen LogP) is 7.97. The number of hydrogen-bond acceptors (Lipinski definition) is 5. The summed E-state index contributed by atoms with van der Waals surface area (Å²) < 4.78 is 40.7. The number of unbranched alkanes of at least 4 members (excludes halogenated alkanes) is 1. The van der Waals surface area contributed by atoms with Crippen molar-refractivity contribution in [3.05, 3.63) is 114 Å². The summed E-state index contributed by atoms with van der Waals surface area (Å²) in [6.45, 7) is 1.10. The van der Waals surface area contributed by atoms with Crippen LogP contribution >= 0.6 is 11.3 Å². The van der Waals surface area contributed by atoms with Gasteiger partial charge in [-0.15, -0.1) is 11.3 Å². The first-order chi connectivity index (χ1) is 23.7. The van der Waals surface area contributed by atoms with Gasteiger partial charge in [0.1, 0.15) is 17.0 Å². The molecule has 0 unspecified atom stereocenters. The van der Waals surface area contributed by atoms with E-state index in [2.05, 4.69) is 15.5 Å². The lowest BCUT2D eigenvalue weighted by Crippen LogP contribution is -2.47. The summed E-state index contributed by atoms with van der Waals surface area (Å²) in [5, 5.41) is 6.29. The lowest BCUT2D eigenvalue weighted by molar-refractivity contribution is -0.141. The normalized spacial score (nSPS) is 15.9. The van der Waals surface area contributed by atoms with Crippen LogP contribution < -0.4 is 10.6 Å². The van der Waals surface area contributed by atoms with Crippen molar-refractivity contribution < 1.29 is 22.8 Å². The van der Waals surface area contributed by atoms with Crippen LogP contribution in [0.25, 0.3) is 31.9 Å². The maximum absolute atomic E-state index is 13.7. The molecule has 1 aliphatic heterocycles. The summed E-state index contributed by atoms with van der Waals surface area (Å²) in [6, 6.07) is 30.7. The predicted molar refractivity (Wildman–Crippen MR) is 188 cm³/mol. The smallest absolute Gasteiger partial charge is 0.349 e. The van der Waals surface area contributed by atoms with Gasteiger partial charge < -0.3 is 15.5 Å². The van der Waals surface area contributed by atoms with Crippen molar-refractivity contribution in [2.75, 3.05) is 26.2 Å². The molecule has 1 aliphatic carbocycles. The average Bonchev–Trinajstić information content (AvgIpc) is 3.68. The Morgan fingerprint density at radius 3 is 2.10 bits per heavy atom. The van der Waals surface area contributed by atoms with Gasteiger partial charge in [-0.3, -0.25) is 9.59 Å². The zero-order chi connectivity index (χ0) is 34.0. The number of hydrogen-bond donors (Lipinski definition) is 2. The average molecular weight is 683 g/mol. The van der Waals surface area contributed by atoms with E-state index in [1.165, 1.54) is 0 Å². The van der Waals surface area contributed by atoms with Gasteiger partial charge in [0.2, 0.25) is 5.91 Å². The van der Waals surface area contributed by atoms with Crippen LogP contribution in [0.3, 0.4) is 0 Å². The molecule has 2 amide bonds. The van der Waals surface area contributed by atoms with E-state index in [0.29, 0.717) is 18.4 Å². The Kier molecular flexibility index (Phi) is 9.26. The summed E-state index contributed by atoms with van der Waals surface area (Å²) in [4.78, 5) is 34.3. The number of fused-ring (bicyclic) bond motifs is 4. The Morgan fingerprint density at radius 2 is 1.43 bits per heavy atom. The van der Waals surface area contributed by atoms with Gasteiger partial charge in [0, 0.05) is 30.3 Å². The zero-order valence-electron chi connectivity index (χ0n) is 26.9. The van der Waals surface area contributed by atoms with Crippen LogP contribution in [0.4, 0.5) is 13.2 Å². The van der Waals surface area contributed by atoms with E-state index in [1.54, 1.807) is 11.3 Å². The fourth-order valence-electron chi connectivity index (χ4n) is 7.43. The number of carbonyl (C=O) groups is 2. The third-order valence-corrected chi connectivity index (χ3v) is 10.9. The zero-order valence-corrected chi connectivity index (χ0v) is 27.7. The van der Waals surface area contributed by atoms with E-state index >= 15 is 0 Å². The maximum Gasteiger partial charge on any atom is 0.405 e. The van der Waals surface area contributed by atoms with Crippen LogP contribution in [0.1, 0.15) is 53.6 Å². The summed E-state index contributed by atoms with van der Waals surface area (Å²) in [5.74, 6) is -0.706. The van der Waals surface area contributed by atoms with Crippen molar-refractivity contribution in [1.29, 1.82) is 0 Å². The molecule has 49 heavy (non-hydrogen) atoms. The number of amides is 2. The van der Waals surface area contributed by atoms with Crippen molar-refractivity contribution in [3.8, 4) is 21.7 Å². The molecule has 0 atom stereocenters. The highest BCUT2D eigenvalue weighted by molar-refractivity contribution is 7.21. The number of thiazole rings is 1. The fourth-order valence-corrected chi connectivity index (χ4v) is 8.43. The second-order valence-electron chi connectivity index (χ2n) is 12.9. The summed E-state index contributed by atoms with van der Waals surface area (Å²) in [7, 11) is 0. The van der Waals surface area contributed by atoms with Crippen LogP contribution in [0.2, 0.25) is 0 Å². The Labute approximate surface area is 287 Å². The molecule has 1 fully saturated rings. The van der Waals surface area contributed by atoms with Crippen molar-refractivity contribution in [2.24, 2.45) is 0 Å². The van der Waals surface area contributed by atoms with E-state index in [4.69, 9.17) is 4.98 Å². The minimum absolute atomic E-state index is 0.0549. The Balaban J connectivity index is 0.963. The second-order valence-corrected chi connectivity index (χ2v) is 13.9. The van der Waals surface area contributed by atoms with Crippen LogP contribution in [-0.4, -0.2) is 60.1 Å². The molecule has 0 radical (unpaired) electrons. The monoisotopic (exact) mass is 682 g/mol. The Morgan fingerprint density at radius 1 is 0.816 bits per heavy atom. The van der Waals surface area contributed by atoms with E-state index in [0.717, 1.165) is 81.9 Å². The Bertz CT molecular complexity index is 1900. The van der Waals surface area contributed by atoms with E-state index < -0.39 is 24.0 Å². The number of benzene rings is 4. The first-order valence-electron chi connectivity index (χ1n) is 16.8. The number of alkyl halides is 3. The molecule has 6 nitrogen and oxygen atoms in total. The van der Waals surface area contributed by atoms with E-state index in [1.807, 2.05) is 97.1 Å². The molecule has 1 aromatic heterocycles. The Hall–Kier alpha value is -4.54. The molecule has 252 valence electrons. The third kappa shape index (κ3) is 6.72. The van der Waals surface area contributed by atoms with E-state index in [-0.39, 0.29) is 11.9 Å². The molecule has 2 N–H and O–H groups in total. The van der Waals surface area contributed by atoms with Gasteiger partial charge in [0.25, 0.3) is 5.91 Å². The molecule has 4 aromatic carbocycles. The molecule has 0 bridgehead atoms. The first-order valence-corrected chi connectivity index (χ1v) is 17.6. The maximum atomic E-state index is 13.7. The highest BCUT2D eigenvalue weighted by Gasteiger charge is 2.49.